The van der Waals surface area contributed by atoms with Gasteiger partial charge in [-0.15, -0.1) is 0 Å². The Morgan fingerprint density at radius 3 is 2.13 bits per heavy atom. The highest BCUT2D eigenvalue weighted by Gasteiger charge is 2.20. The average Bonchev–Trinajstić information content (AvgIpc) is 2.28. The predicted octanol–water partition coefficient (Wildman–Crippen LogP) is 3.50. The molecule has 0 aromatic rings. The van der Waals surface area contributed by atoms with Crippen LogP contribution in [0.25, 0.3) is 0 Å². The normalized spacial score (nSPS) is 25.6. The maximum Gasteiger partial charge on any atom is 0.0901 e. The lowest BCUT2D eigenvalue weighted by molar-refractivity contribution is 0.135. The molecule has 1 aliphatic rings. The molecule has 0 radical (unpaired) electrons. The number of hydrogen-bond acceptors (Lipinski definition) is 2. The Morgan fingerprint density at radius 1 is 0.933 bits per heavy atom. The first-order valence-corrected chi connectivity index (χ1v) is 5.81. The van der Waals surface area contributed by atoms with Gasteiger partial charge in [-0.3, -0.25) is 0 Å². The van der Waals surface area contributed by atoms with Crippen LogP contribution in [-0.2, 0) is 9.47 Å². The lowest BCUT2D eigenvalue weighted by Crippen LogP contribution is -2.18. The Balaban J connectivity index is 2.06. The summed E-state index contributed by atoms with van der Waals surface area (Å²) in [4.78, 5) is 0. The Morgan fingerprint density at radius 2 is 1.53 bits per heavy atom. The van der Waals surface area contributed by atoms with Gasteiger partial charge in [-0.2, -0.15) is 0 Å². The SMILES string of the molecule is C=COCC[C@H]1CC[C@H](COC=C)CC1. The lowest BCUT2D eigenvalue weighted by Gasteiger charge is -2.27. The van der Waals surface area contributed by atoms with Gasteiger partial charge >= 0.3 is 0 Å². The zero-order chi connectivity index (χ0) is 10.9. The number of ether oxygens (including phenoxy) is 2. The van der Waals surface area contributed by atoms with Gasteiger partial charge in [0.15, 0.2) is 0 Å². The lowest BCUT2D eigenvalue weighted by atomic mass is 9.81. The molecule has 0 aliphatic heterocycles. The van der Waals surface area contributed by atoms with Gasteiger partial charge in [0.2, 0.25) is 0 Å². The predicted molar refractivity (Wildman–Crippen MR) is 62.4 cm³/mol. The van der Waals surface area contributed by atoms with Crippen molar-refractivity contribution in [2.24, 2.45) is 11.8 Å². The van der Waals surface area contributed by atoms with Gasteiger partial charge in [0, 0.05) is 0 Å². The van der Waals surface area contributed by atoms with E-state index < -0.39 is 0 Å². The highest BCUT2D eigenvalue weighted by atomic mass is 16.5. The van der Waals surface area contributed by atoms with Crippen molar-refractivity contribution >= 4 is 0 Å². The third kappa shape index (κ3) is 4.91. The molecule has 2 nitrogen and oxygen atoms in total. The second-order valence-electron chi connectivity index (χ2n) is 4.21. The molecule has 1 aliphatic carbocycles. The highest BCUT2D eigenvalue weighted by molar-refractivity contribution is 4.73. The third-order valence-corrected chi connectivity index (χ3v) is 3.18. The Labute approximate surface area is 93.0 Å². The van der Waals surface area contributed by atoms with E-state index in [1.165, 1.54) is 38.4 Å². The van der Waals surface area contributed by atoms with Crippen molar-refractivity contribution in [3.05, 3.63) is 25.7 Å². The first-order chi connectivity index (χ1) is 7.36. The van der Waals surface area contributed by atoms with E-state index in [1.54, 1.807) is 6.26 Å². The van der Waals surface area contributed by atoms with Crippen molar-refractivity contribution in [3.63, 3.8) is 0 Å². The fraction of sp³-hybridized carbons (Fsp3) is 0.692. The standard InChI is InChI=1S/C13H22O2/c1-3-14-10-9-12-5-7-13(8-6-12)11-15-4-2/h3-4,12-13H,1-2,5-11H2/t12-,13-. The molecule has 0 atom stereocenters. The average molecular weight is 210 g/mol. The van der Waals surface area contributed by atoms with E-state index >= 15 is 0 Å². The third-order valence-electron chi connectivity index (χ3n) is 3.18. The second-order valence-corrected chi connectivity index (χ2v) is 4.21. The minimum absolute atomic E-state index is 0.736. The summed E-state index contributed by atoms with van der Waals surface area (Å²) in [6, 6.07) is 0. The zero-order valence-corrected chi connectivity index (χ0v) is 9.49. The summed E-state index contributed by atoms with van der Waals surface area (Å²) in [5.74, 6) is 1.57. The molecule has 0 saturated heterocycles. The van der Waals surface area contributed by atoms with Gasteiger partial charge in [-0.25, -0.2) is 0 Å². The van der Waals surface area contributed by atoms with E-state index in [9.17, 15) is 0 Å². The maximum atomic E-state index is 5.23. The fourth-order valence-electron chi connectivity index (χ4n) is 2.21. The summed E-state index contributed by atoms with van der Waals surface area (Å²) < 4.78 is 10.4. The first-order valence-electron chi connectivity index (χ1n) is 5.81. The van der Waals surface area contributed by atoms with E-state index in [4.69, 9.17) is 9.47 Å². The molecule has 15 heavy (non-hydrogen) atoms. The summed E-state index contributed by atoms with van der Waals surface area (Å²) >= 11 is 0. The molecule has 2 heteroatoms. The largest absolute Gasteiger partial charge is 0.502 e. The van der Waals surface area contributed by atoms with Crippen LogP contribution in [0, 0.1) is 11.8 Å². The monoisotopic (exact) mass is 210 g/mol. The highest BCUT2D eigenvalue weighted by Crippen LogP contribution is 2.30. The molecule has 0 unspecified atom stereocenters. The van der Waals surface area contributed by atoms with Crippen molar-refractivity contribution in [1.82, 2.24) is 0 Å². The zero-order valence-electron chi connectivity index (χ0n) is 9.49. The van der Waals surface area contributed by atoms with Gasteiger partial charge in [0.1, 0.15) is 0 Å². The van der Waals surface area contributed by atoms with Gasteiger partial charge < -0.3 is 9.47 Å². The van der Waals surface area contributed by atoms with Crippen LogP contribution >= 0.6 is 0 Å². The Hall–Kier alpha value is -0.920. The van der Waals surface area contributed by atoms with Crippen molar-refractivity contribution in [2.45, 2.75) is 32.1 Å². The van der Waals surface area contributed by atoms with Crippen molar-refractivity contribution in [3.8, 4) is 0 Å². The Kier molecular flexibility index (Phi) is 5.98. The van der Waals surface area contributed by atoms with E-state index in [-0.39, 0.29) is 0 Å². The summed E-state index contributed by atoms with van der Waals surface area (Å²) in [6.07, 6.45) is 9.44. The molecule has 0 aromatic carbocycles. The van der Waals surface area contributed by atoms with E-state index in [1.807, 2.05) is 0 Å². The first kappa shape index (κ1) is 12.2. The molecule has 0 heterocycles. The van der Waals surface area contributed by atoms with Gasteiger partial charge in [0.25, 0.3) is 0 Å². The van der Waals surface area contributed by atoms with Crippen LogP contribution in [0.3, 0.4) is 0 Å². The van der Waals surface area contributed by atoms with Crippen LogP contribution < -0.4 is 0 Å². The van der Waals surface area contributed by atoms with Crippen molar-refractivity contribution < 1.29 is 9.47 Å². The summed E-state index contributed by atoms with van der Waals surface area (Å²) in [5, 5.41) is 0. The van der Waals surface area contributed by atoms with E-state index in [2.05, 4.69) is 13.2 Å². The minimum atomic E-state index is 0.736. The molecular weight excluding hydrogens is 188 g/mol. The summed E-state index contributed by atoms with van der Waals surface area (Å²) in [5.41, 5.74) is 0. The molecular formula is C13H22O2. The van der Waals surface area contributed by atoms with Gasteiger partial charge in [0.05, 0.1) is 25.7 Å². The molecule has 0 aromatic heterocycles. The molecule has 0 spiro atoms. The summed E-state index contributed by atoms with van der Waals surface area (Å²) in [7, 11) is 0. The molecule has 0 N–H and O–H groups in total. The van der Waals surface area contributed by atoms with Crippen LogP contribution in [0.1, 0.15) is 32.1 Å². The molecule has 0 bridgehead atoms. The second kappa shape index (κ2) is 7.38. The van der Waals surface area contributed by atoms with Crippen LogP contribution in [-0.4, -0.2) is 13.2 Å². The van der Waals surface area contributed by atoms with Crippen LogP contribution in [0.5, 0.6) is 0 Å². The minimum Gasteiger partial charge on any atom is -0.502 e. The van der Waals surface area contributed by atoms with E-state index in [0.717, 1.165) is 25.0 Å². The van der Waals surface area contributed by atoms with Crippen molar-refractivity contribution in [2.75, 3.05) is 13.2 Å². The molecule has 86 valence electrons. The van der Waals surface area contributed by atoms with Crippen LogP contribution in [0.2, 0.25) is 0 Å². The molecule has 1 fully saturated rings. The Bertz CT molecular complexity index is 181. The molecule has 1 rings (SSSR count). The van der Waals surface area contributed by atoms with E-state index in [0.29, 0.717) is 0 Å². The van der Waals surface area contributed by atoms with Crippen LogP contribution in [0.15, 0.2) is 25.7 Å². The number of rotatable bonds is 7. The quantitative estimate of drug-likeness (QED) is 0.473. The topological polar surface area (TPSA) is 18.5 Å². The maximum absolute atomic E-state index is 5.23. The van der Waals surface area contributed by atoms with Gasteiger partial charge in [-0.05, 0) is 43.9 Å². The molecule has 1 saturated carbocycles. The van der Waals surface area contributed by atoms with Gasteiger partial charge in [-0.1, -0.05) is 13.2 Å². The number of hydrogen-bond donors (Lipinski definition) is 0. The summed E-state index contributed by atoms with van der Waals surface area (Å²) in [6.45, 7) is 8.77. The van der Waals surface area contributed by atoms with Crippen molar-refractivity contribution in [1.29, 1.82) is 0 Å². The molecule has 0 amide bonds. The van der Waals surface area contributed by atoms with Crippen LogP contribution in [0.4, 0.5) is 0 Å². The fourth-order valence-corrected chi connectivity index (χ4v) is 2.21. The smallest absolute Gasteiger partial charge is 0.0901 e.